The molecule has 0 aliphatic carbocycles. The smallest absolute Gasteiger partial charge is 0.253 e. The lowest BCUT2D eigenvalue weighted by molar-refractivity contribution is 0.0724. The number of likely N-dealkylation sites (tertiary alicyclic amines) is 1. The molecular weight excluding hydrogens is 366 g/mol. The van der Waals surface area contributed by atoms with Gasteiger partial charge in [-0.25, -0.2) is 0 Å². The summed E-state index contributed by atoms with van der Waals surface area (Å²) in [7, 11) is 0. The van der Waals surface area contributed by atoms with Crippen molar-refractivity contribution in [3.8, 4) is 0 Å². The summed E-state index contributed by atoms with van der Waals surface area (Å²) >= 11 is 3.37. The lowest BCUT2D eigenvalue weighted by atomic mass is 10.0. The topological polar surface area (TPSA) is 37.4 Å². The zero-order valence-electron chi connectivity index (χ0n) is 13.5. The molecule has 2 aromatic rings. The van der Waals surface area contributed by atoms with Gasteiger partial charge in [-0.05, 0) is 49.1 Å². The van der Waals surface area contributed by atoms with Crippen molar-refractivity contribution in [3.05, 3.63) is 69.7 Å². The second kappa shape index (κ2) is 7.75. The van der Waals surface area contributed by atoms with E-state index in [0.717, 1.165) is 36.0 Å². The molecule has 0 aromatic heterocycles. The quantitative estimate of drug-likeness (QED) is 0.726. The molecule has 0 N–H and O–H groups in total. The molecule has 4 heteroatoms. The maximum absolute atomic E-state index is 12.4. The molecule has 124 valence electrons. The number of nitrogens with zero attached hydrogens (tertiary/aromatic N) is 1. The van der Waals surface area contributed by atoms with Crippen molar-refractivity contribution in [2.75, 3.05) is 13.1 Å². The number of benzene rings is 2. The predicted molar refractivity (Wildman–Crippen MR) is 98.4 cm³/mol. The third-order valence-electron chi connectivity index (χ3n) is 4.38. The second-order valence-corrected chi connectivity index (χ2v) is 7.07. The highest BCUT2D eigenvalue weighted by Gasteiger charge is 2.18. The Morgan fingerprint density at radius 3 is 2.04 bits per heavy atom. The Labute approximate surface area is 150 Å². The van der Waals surface area contributed by atoms with Gasteiger partial charge in [-0.1, -0.05) is 40.2 Å². The number of rotatable bonds is 4. The van der Waals surface area contributed by atoms with Gasteiger partial charge >= 0.3 is 0 Å². The largest absolute Gasteiger partial charge is 0.339 e. The fourth-order valence-electron chi connectivity index (χ4n) is 2.97. The SMILES string of the molecule is O=C(Cc1ccc(C(=O)N2CCCCC2)cc1)c1ccc(Br)cc1. The molecule has 1 fully saturated rings. The van der Waals surface area contributed by atoms with Crippen LogP contribution < -0.4 is 0 Å². The van der Waals surface area contributed by atoms with Gasteiger partial charge in [-0.15, -0.1) is 0 Å². The Bertz CT molecular complexity index is 716. The average Bonchev–Trinajstić information content (AvgIpc) is 2.63. The monoisotopic (exact) mass is 385 g/mol. The Hall–Kier alpha value is -1.94. The van der Waals surface area contributed by atoms with Gasteiger partial charge in [0, 0.05) is 35.1 Å². The average molecular weight is 386 g/mol. The first-order chi connectivity index (χ1) is 11.6. The first kappa shape index (κ1) is 16.9. The van der Waals surface area contributed by atoms with Gasteiger partial charge in [-0.2, -0.15) is 0 Å². The van der Waals surface area contributed by atoms with Gasteiger partial charge in [0.25, 0.3) is 5.91 Å². The van der Waals surface area contributed by atoms with E-state index in [2.05, 4.69) is 15.9 Å². The number of amides is 1. The summed E-state index contributed by atoms with van der Waals surface area (Å²) in [4.78, 5) is 26.7. The van der Waals surface area contributed by atoms with Crippen LogP contribution in [0.25, 0.3) is 0 Å². The van der Waals surface area contributed by atoms with E-state index in [-0.39, 0.29) is 11.7 Å². The minimum atomic E-state index is 0.0811. The normalized spacial score (nSPS) is 14.5. The first-order valence-electron chi connectivity index (χ1n) is 8.30. The molecule has 1 heterocycles. The van der Waals surface area contributed by atoms with Crippen molar-refractivity contribution in [1.82, 2.24) is 4.90 Å². The van der Waals surface area contributed by atoms with E-state index in [0.29, 0.717) is 17.5 Å². The van der Waals surface area contributed by atoms with E-state index < -0.39 is 0 Å². The molecule has 1 saturated heterocycles. The summed E-state index contributed by atoms with van der Waals surface area (Å²) in [6, 6.07) is 14.8. The highest BCUT2D eigenvalue weighted by molar-refractivity contribution is 9.10. The van der Waals surface area contributed by atoms with Crippen LogP contribution in [-0.2, 0) is 6.42 Å². The molecule has 3 nitrogen and oxygen atoms in total. The number of Topliss-reactive ketones (excluding diaryl/α,β-unsaturated/α-hetero) is 1. The maximum Gasteiger partial charge on any atom is 0.253 e. The van der Waals surface area contributed by atoms with Crippen LogP contribution in [0.3, 0.4) is 0 Å². The standard InChI is InChI=1S/C20H20BrNO2/c21-18-10-8-16(9-11-18)19(23)14-15-4-6-17(7-5-15)20(24)22-12-2-1-3-13-22/h4-11H,1-3,12-14H2. The summed E-state index contributed by atoms with van der Waals surface area (Å²) in [5.41, 5.74) is 2.33. The van der Waals surface area contributed by atoms with Crippen molar-refractivity contribution in [2.45, 2.75) is 25.7 Å². The van der Waals surface area contributed by atoms with Crippen LogP contribution in [0.1, 0.15) is 45.5 Å². The van der Waals surface area contributed by atoms with Crippen LogP contribution >= 0.6 is 15.9 Å². The van der Waals surface area contributed by atoms with E-state index >= 15 is 0 Å². The third-order valence-corrected chi connectivity index (χ3v) is 4.90. The molecule has 24 heavy (non-hydrogen) atoms. The maximum atomic E-state index is 12.4. The summed E-state index contributed by atoms with van der Waals surface area (Å²) in [5, 5.41) is 0. The molecule has 0 spiro atoms. The molecule has 0 bridgehead atoms. The molecule has 3 rings (SSSR count). The lowest BCUT2D eigenvalue weighted by Gasteiger charge is -2.26. The fraction of sp³-hybridized carbons (Fsp3) is 0.300. The van der Waals surface area contributed by atoms with Crippen molar-refractivity contribution in [1.29, 1.82) is 0 Å². The third kappa shape index (κ3) is 4.12. The van der Waals surface area contributed by atoms with Gasteiger partial charge in [0.2, 0.25) is 0 Å². The van der Waals surface area contributed by atoms with Gasteiger partial charge in [0.05, 0.1) is 0 Å². The van der Waals surface area contributed by atoms with Crippen LogP contribution in [0.4, 0.5) is 0 Å². The number of hydrogen-bond donors (Lipinski definition) is 0. The summed E-state index contributed by atoms with van der Waals surface area (Å²) < 4.78 is 0.958. The minimum Gasteiger partial charge on any atom is -0.339 e. The van der Waals surface area contributed by atoms with Crippen molar-refractivity contribution >= 4 is 27.6 Å². The molecule has 1 aliphatic heterocycles. The van der Waals surface area contributed by atoms with Gasteiger partial charge in [0.1, 0.15) is 0 Å². The van der Waals surface area contributed by atoms with E-state index in [1.807, 2.05) is 53.4 Å². The van der Waals surface area contributed by atoms with E-state index in [1.165, 1.54) is 6.42 Å². The molecule has 1 aliphatic rings. The number of halogens is 1. The summed E-state index contributed by atoms with van der Waals surface area (Å²) in [6.07, 6.45) is 3.73. The Kier molecular flexibility index (Phi) is 5.46. The first-order valence-corrected chi connectivity index (χ1v) is 9.10. The highest BCUT2D eigenvalue weighted by Crippen LogP contribution is 2.16. The van der Waals surface area contributed by atoms with Gasteiger partial charge in [-0.3, -0.25) is 9.59 Å². The van der Waals surface area contributed by atoms with Crippen molar-refractivity contribution in [2.24, 2.45) is 0 Å². The number of carbonyl (C=O) groups is 2. The molecule has 1 amide bonds. The Balaban J connectivity index is 1.64. The molecule has 0 unspecified atom stereocenters. The van der Waals surface area contributed by atoms with E-state index in [4.69, 9.17) is 0 Å². The predicted octanol–water partition coefficient (Wildman–Crippen LogP) is 4.50. The highest BCUT2D eigenvalue weighted by atomic mass is 79.9. The van der Waals surface area contributed by atoms with Gasteiger partial charge < -0.3 is 4.90 Å². The Morgan fingerprint density at radius 1 is 0.833 bits per heavy atom. The minimum absolute atomic E-state index is 0.0811. The van der Waals surface area contributed by atoms with Crippen molar-refractivity contribution < 1.29 is 9.59 Å². The van der Waals surface area contributed by atoms with Crippen LogP contribution in [-0.4, -0.2) is 29.7 Å². The molecule has 0 radical (unpaired) electrons. The van der Waals surface area contributed by atoms with Crippen LogP contribution in [0.15, 0.2) is 53.0 Å². The lowest BCUT2D eigenvalue weighted by Crippen LogP contribution is -2.35. The van der Waals surface area contributed by atoms with Crippen molar-refractivity contribution in [3.63, 3.8) is 0 Å². The van der Waals surface area contributed by atoms with Gasteiger partial charge in [0.15, 0.2) is 5.78 Å². The van der Waals surface area contributed by atoms with Crippen LogP contribution in [0.2, 0.25) is 0 Å². The Morgan fingerprint density at radius 2 is 1.42 bits per heavy atom. The number of piperidine rings is 1. The second-order valence-electron chi connectivity index (χ2n) is 6.16. The number of carbonyl (C=O) groups excluding carboxylic acids is 2. The zero-order valence-corrected chi connectivity index (χ0v) is 15.1. The molecular formula is C20H20BrNO2. The summed E-state index contributed by atoms with van der Waals surface area (Å²) in [6.45, 7) is 1.70. The summed E-state index contributed by atoms with van der Waals surface area (Å²) in [5.74, 6) is 0.179. The van der Waals surface area contributed by atoms with Crippen LogP contribution in [0.5, 0.6) is 0 Å². The fourth-order valence-corrected chi connectivity index (χ4v) is 3.23. The number of hydrogen-bond acceptors (Lipinski definition) is 2. The zero-order chi connectivity index (χ0) is 16.9. The van der Waals surface area contributed by atoms with E-state index in [1.54, 1.807) is 0 Å². The molecule has 0 saturated carbocycles. The van der Waals surface area contributed by atoms with E-state index in [9.17, 15) is 9.59 Å². The molecule has 0 atom stereocenters. The van der Waals surface area contributed by atoms with Crippen LogP contribution in [0, 0.1) is 0 Å². The number of ketones is 1. The molecule has 2 aromatic carbocycles.